The van der Waals surface area contributed by atoms with E-state index < -0.39 is 5.54 Å². The van der Waals surface area contributed by atoms with Gasteiger partial charge in [0.15, 0.2) is 0 Å². The number of hydrogen-bond acceptors (Lipinski definition) is 4. The molecule has 1 saturated carbocycles. The highest BCUT2D eigenvalue weighted by atomic mass is 16.3. The van der Waals surface area contributed by atoms with Gasteiger partial charge in [0.05, 0.1) is 6.10 Å². The van der Waals surface area contributed by atoms with E-state index in [2.05, 4.69) is 15.1 Å². The van der Waals surface area contributed by atoms with Crippen molar-refractivity contribution in [3.05, 3.63) is 29.3 Å². The minimum atomic E-state index is -0.459. The summed E-state index contributed by atoms with van der Waals surface area (Å²) in [6.07, 6.45) is 5.54. The summed E-state index contributed by atoms with van der Waals surface area (Å²) in [7, 11) is 4.05. The number of hydrogen-bond donors (Lipinski definition) is 2. The summed E-state index contributed by atoms with van der Waals surface area (Å²) >= 11 is 0. The second-order valence-electron chi connectivity index (χ2n) is 8.65. The number of aliphatic hydroxyl groups is 1. The molecule has 0 aromatic heterocycles. The lowest BCUT2D eigenvalue weighted by atomic mass is 9.82. The van der Waals surface area contributed by atoms with Gasteiger partial charge in [0.1, 0.15) is 5.54 Å². The Kier molecular flexibility index (Phi) is 6.24. The third kappa shape index (κ3) is 4.20. The van der Waals surface area contributed by atoms with Crippen LogP contribution < -0.4 is 5.32 Å². The second-order valence-corrected chi connectivity index (χ2v) is 8.65. The molecule has 3 rings (SSSR count). The van der Waals surface area contributed by atoms with Crippen LogP contribution >= 0.6 is 0 Å². The lowest BCUT2D eigenvalue weighted by Crippen LogP contribution is -2.60. The molecule has 5 nitrogen and oxygen atoms in total. The van der Waals surface area contributed by atoms with Crippen LogP contribution in [0, 0.1) is 13.8 Å². The number of nitrogens with zero attached hydrogens (tertiary/aromatic N) is 2. The van der Waals surface area contributed by atoms with Crippen LogP contribution in [0.1, 0.15) is 49.7 Å². The molecule has 1 aromatic rings. The molecule has 1 aliphatic heterocycles. The Bertz CT molecular complexity index is 637. The van der Waals surface area contributed by atoms with Crippen LogP contribution in [0.2, 0.25) is 0 Å². The number of piperidine rings is 1. The van der Waals surface area contributed by atoms with Crippen LogP contribution in [0.4, 0.5) is 5.69 Å². The van der Waals surface area contributed by atoms with E-state index in [9.17, 15) is 9.90 Å². The number of carbonyl (C=O) groups is 1. The first kappa shape index (κ1) is 20.3. The average molecular weight is 374 g/mol. The number of benzene rings is 1. The quantitative estimate of drug-likeness (QED) is 0.852. The number of aliphatic hydroxyl groups excluding tert-OH is 1. The zero-order valence-corrected chi connectivity index (χ0v) is 17.3. The fourth-order valence-electron chi connectivity index (χ4n) is 4.80. The maximum absolute atomic E-state index is 13.4. The fraction of sp³-hybridized carbons (Fsp3) is 0.682. The molecule has 0 bridgehead atoms. The molecule has 2 aliphatic rings. The molecule has 1 amide bonds. The van der Waals surface area contributed by atoms with Crippen molar-refractivity contribution >= 4 is 11.6 Å². The maximum atomic E-state index is 13.4. The van der Waals surface area contributed by atoms with Gasteiger partial charge in [-0.3, -0.25) is 9.69 Å². The molecule has 1 aromatic carbocycles. The predicted octanol–water partition coefficient (Wildman–Crippen LogP) is 2.94. The van der Waals surface area contributed by atoms with E-state index in [1.807, 2.05) is 46.1 Å². The lowest BCUT2D eigenvalue weighted by molar-refractivity contribution is -0.130. The van der Waals surface area contributed by atoms with Gasteiger partial charge in [-0.05, 0) is 77.6 Å². The molecule has 1 heterocycles. The molecule has 0 radical (unpaired) electrons. The average Bonchev–Trinajstić information content (AvgIpc) is 2.65. The molecular formula is C22H35N3O2. The van der Waals surface area contributed by atoms with E-state index in [-0.39, 0.29) is 12.0 Å². The molecule has 2 N–H and O–H groups in total. The monoisotopic (exact) mass is 373 g/mol. The van der Waals surface area contributed by atoms with Crippen molar-refractivity contribution in [2.45, 2.75) is 70.1 Å². The Labute approximate surface area is 163 Å². The Morgan fingerprint density at radius 2 is 1.67 bits per heavy atom. The number of likely N-dealkylation sites (tertiary alicyclic amines) is 1. The van der Waals surface area contributed by atoms with E-state index in [1.54, 1.807) is 0 Å². The number of aryl methyl sites for hydroxylation is 2. The van der Waals surface area contributed by atoms with Crippen molar-refractivity contribution in [1.29, 1.82) is 0 Å². The summed E-state index contributed by atoms with van der Waals surface area (Å²) in [6.45, 7) is 5.98. The third-order valence-electron chi connectivity index (χ3n) is 6.81. The van der Waals surface area contributed by atoms with E-state index >= 15 is 0 Å². The van der Waals surface area contributed by atoms with E-state index in [4.69, 9.17) is 0 Å². The number of carbonyl (C=O) groups excluding carboxylic acids is 1. The molecule has 5 heteroatoms. The highest BCUT2D eigenvalue weighted by Gasteiger charge is 2.44. The van der Waals surface area contributed by atoms with E-state index in [1.165, 1.54) is 0 Å². The Balaban J connectivity index is 1.69. The zero-order valence-electron chi connectivity index (χ0n) is 17.3. The third-order valence-corrected chi connectivity index (χ3v) is 6.81. The first-order valence-corrected chi connectivity index (χ1v) is 10.3. The summed E-state index contributed by atoms with van der Waals surface area (Å²) < 4.78 is 0. The summed E-state index contributed by atoms with van der Waals surface area (Å²) in [4.78, 5) is 18.0. The Hall–Kier alpha value is -1.43. The van der Waals surface area contributed by atoms with Crippen molar-refractivity contribution < 1.29 is 9.90 Å². The molecule has 0 atom stereocenters. The number of nitrogens with one attached hydrogen (secondary N) is 1. The van der Waals surface area contributed by atoms with E-state index in [0.717, 1.165) is 68.4 Å². The SMILES string of the molecule is Cc1cccc(C)c1NC(=O)C1(N(C)C)CCN([C@H]2CC[C@H](O)CC2)CC1. The van der Waals surface area contributed by atoms with Crippen LogP contribution in [-0.4, -0.2) is 65.7 Å². The Morgan fingerprint density at radius 1 is 1.11 bits per heavy atom. The lowest BCUT2D eigenvalue weighted by Gasteiger charge is -2.47. The zero-order chi connectivity index (χ0) is 19.6. The molecule has 0 spiro atoms. The molecule has 2 fully saturated rings. The fourth-order valence-corrected chi connectivity index (χ4v) is 4.80. The van der Waals surface area contributed by atoms with Gasteiger partial charge in [-0.25, -0.2) is 0 Å². The number of rotatable bonds is 4. The van der Waals surface area contributed by atoms with Crippen LogP contribution in [0.15, 0.2) is 18.2 Å². The molecule has 0 unspecified atom stereocenters. The van der Waals surface area contributed by atoms with Crippen LogP contribution in [-0.2, 0) is 4.79 Å². The molecule has 1 aliphatic carbocycles. The van der Waals surface area contributed by atoms with Gasteiger partial charge >= 0.3 is 0 Å². The van der Waals surface area contributed by atoms with Crippen molar-refractivity contribution in [2.24, 2.45) is 0 Å². The van der Waals surface area contributed by atoms with Gasteiger partial charge in [0, 0.05) is 24.8 Å². The highest BCUT2D eigenvalue weighted by molar-refractivity contribution is 5.99. The van der Waals surface area contributed by atoms with Crippen LogP contribution in [0.3, 0.4) is 0 Å². The van der Waals surface area contributed by atoms with Crippen molar-refractivity contribution in [1.82, 2.24) is 9.80 Å². The predicted molar refractivity (Wildman–Crippen MR) is 110 cm³/mol. The molecule has 150 valence electrons. The van der Waals surface area contributed by atoms with Crippen molar-refractivity contribution in [2.75, 3.05) is 32.5 Å². The number of amides is 1. The van der Waals surface area contributed by atoms with Gasteiger partial charge < -0.3 is 15.3 Å². The number of para-hydroxylation sites is 1. The number of anilines is 1. The molecule has 1 saturated heterocycles. The second kappa shape index (κ2) is 8.29. The maximum Gasteiger partial charge on any atom is 0.244 e. The van der Waals surface area contributed by atoms with Crippen LogP contribution in [0.5, 0.6) is 0 Å². The van der Waals surface area contributed by atoms with Crippen molar-refractivity contribution in [3.63, 3.8) is 0 Å². The highest BCUT2D eigenvalue weighted by Crippen LogP contribution is 2.33. The van der Waals surface area contributed by atoms with Gasteiger partial charge in [-0.1, -0.05) is 18.2 Å². The molecule has 27 heavy (non-hydrogen) atoms. The minimum Gasteiger partial charge on any atom is -0.393 e. The van der Waals surface area contributed by atoms with E-state index in [0.29, 0.717) is 6.04 Å². The largest absolute Gasteiger partial charge is 0.393 e. The number of likely N-dealkylation sites (N-methyl/N-ethyl adjacent to an activating group) is 1. The first-order valence-electron chi connectivity index (χ1n) is 10.3. The summed E-state index contributed by atoms with van der Waals surface area (Å²) in [5.41, 5.74) is 2.71. The Morgan fingerprint density at radius 3 is 2.19 bits per heavy atom. The summed E-state index contributed by atoms with van der Waals surface area (Å²) in [6, 6.07) is 6.69. The first-order chi connectivity index (χ1) is 12.8. The van der Waals surface area contributed by atoms with Crippen molar-refractivity contribution in [3.8, 4) is 0 Å². The molecular weight excluding hydrogens is 338 g/mol. The summed E-state index contributed by atoms with van der Waals surface area (Å²) in [5.74, 6) is 0.114. The minimum absolute atomic E-state index is 0.114. The normalized spacial score (nSPS) is 26.1. The standard InChI is InChI=1S/C22H35N3O2/c1-16-6-5-7-17(2)20(16)23-21(27)22(24(3)4)12-14-25(15-13-22)18-8-10-19(26)11-9-18/h5-7,18-19,26H,8-15H2,1-4H3,(H,23,27)/t18-,19-. The van der Waals surface area contributed by atoms with Gasteiger partial charge in [-0.15, -0.1) is 0 Å². The van der Waals surface area contributed by atoms with Gasteiger partial charge in [-0.2, -0.15) is 0 Å². The topological polar surface area (TPSA) is 55.8 Å². The van der Waals surface area contributed by atoms with Gasteiger partial charge in [0.2, 0.25) is 5.91 Å². The summed E-state index contributed by atoms with van der Waals surface area (Å²) in [5, 5.41) is 13.0. The van der Waals surface area contributed by atoms with Crippen LogP contribution in [0.25, 0.3) is 0 Å². The smallest absolute Gasteiger partial charge is 0.244 e. The van der Waals surface area contributed by atoms with Gasteiger partial charge in [0.25, 0.3) is 0 Å².